The van der Waals surface area contributed by atoms with Crippen molar-refractivity contribution >= 4 is 23.5 Å². The number of nitrogens with one attached hydrogen (secondary N) is 1. The minimum atomic E-state index is -2.42. The lowest BCUT2D eigenvalue weighted by Gasteiger charge is -2.26. The molecule has 0 spiro atoms. The van der Waals surface area contributed by atoms with E-state index in [0.29, 0.717) is 111 Å². The van der Waals surface area contributed by atoms with Gasteiger partial charge in [-0.15, -0.1) is 0 Å². The van der Waals surface area contributed by atoms with Gasteiger partial charge in [-0.2, -0.15) is 0 Å². The van der Waals surface area contributed by atoms with Crippen LogP contribution in [0.3, 0.4) is 0 Å². The molecule has 11 fully saturated rings. The number of primary amides is 1. The van der Waals surface area contributed by atoms with E-state index in [-0.39, 0.29) is 96.8 Å². The maximum absolute atomic E-state index is 12.3. The molecule has 9 atom stereocenters. The summed E-state index contributed by atoms with van der Waals surface area (Å²) in [6.07, 6.45) is 42.1. The second-order valence-corrected chi connectivity index (χ2v) is 32.2. The zero-order chi connectivity index (χ0) is 78.2. The number of carbonyl (C=O) groups is 4. The number of carbonyl (C=O) groups excluding carboxylic acids is 4. The molecule has 2 aliphatic heterocycles. The molecule has 2 saturated heterocycles. The number of nitrogens with two attached hydrogens (primary N) is 16. The summed E-state index contributed by atoms with van der Waals surface area (Å²) in [5.41, 5.74) is 89.3. The Hall–Kier alpha value is -3.11. The monoisotopic (exact) mass is 1490 g/mol. The van der Waals surface area contributed by atoms with Crippen LogP contribution in [-0.4, -0.2) is 179 Å². The molecule has 0 radical (unpaired) electrons. The summed E-state index contributed by atoms with van der Waals surface area (Å²) < 4.78 is 36.8. The SMILES string of the molecule is CC(=O)C1CCC(N)CC1.CN1CC(N)CCC1=O.NC(=O)C1CCC(N)CC1.NC1CC=C(F)CC1.NC1CCC(CO)CC1.NC1CCC(F)(F)CC1.NC1CCC(N)CC1.NC1CCC(O)CC1.NC1CCCC(N)C1.NC1CCCC(O)C1.NC1CCCCC1N.NC1CCNC(=O)CC1. The number of aliphatic hydroxyl groups is 3. The van der Waals surface area contributed by atoms with Gasteiger partial charge in [0.25, 0.3) is 0 Å². The number of Topliss-reactive ketones (excluding diaryl/α,β-unsaturated/α-hetero) is 1. The van der Waals surface area contributed by atoms with Crippen LogP contribution in [0.5, 0.6) is 0 Å². The Morgan fingerprint density at radius 2 is 0.846 bits per heavy atom. The van der Waals surface area contributed by atoms with Crippen LogP contribution >= 0.6 is 0 Å². The number of piperidine rings is 1. The van der Waals surface area contributed by atoms with Gasteiger partial charge in [-0.05, 0) is 244 Å². The summed E-state index contributed by atoms with van der Waals surface area (Å²) in [5.74, 6) is -0.912. The first-order chi connectivity index (χ1) is 49.1. The Labute approximate surface area is 625 Å². The molecule has 12 aliphatic rings. The van der Waals surface area contributed by atoms with E-state index in [2.05, 4.69) is 5.32 Å². The van der Waals surface area contributed by atoms with E-state index in [4.69, 9.17) is 107 Å². The van der Waals surface area contributed by atoms with Crippen molar-refractivity contribution in [3.8, 4) is 0 Å². The maximum atomic E-state index is 12.3. The van der Waals surface area contributed by atoms with Crippen molar-refractivity contribution in [1.29, 1.82) is 0 Å². The lowest BCUT2D eigenvalue weighted by atomic mass is 9.84. The maximum Gasteiger partial charge on any atom is 0.248 e. The van der Waals surface area contributed by atoms with E-state index in [1.165, 1.54) is 32.1 Å². The average molecular weight is 1490 g/mol. The summed E-state index contributed by atoms with van der Waals surface area (Å²) in [6.45, 7) is 3.51. The Balaban J connectivity index is 0.000000568. The van der Waals surface area contributed by atoms with Crippen molar-refractivity contribution in [3.05, 3.63) is 11.9 Å². The lowest BCUT2D eigenvalue weighted by Crippen LogP contribution is -2.43. The highest BCUT2D eigenvalue weighted by Gasteiger charge is 2.33. The Bertz CT molecular complexity index is 2080. The molecule has 28 heteroatoms. The fraction of sp³-hybridized carbons (Fsp3) is 0.921. The van der Waals surface area contributed by atoms with E-state index in [1.54, 1.807) is 24.9 Å². The Morgan fingerprint density at radius 3 is 1.18 bits per heavy atom. The molecule has 9 unspecified atom stereocenters. The number of rotatable bonds is 3. The molecule has 0 aromatic carbocycles. The van der Waals surface area contributed by atoms with Crippen LogP contribution in [0.4, 0.5) is 13.2 Å². The summed E-state index contributed by atoms with van der Waals surface area (Å²) in [5, 5.41) is 29.5. The number of alkyl halides is 2. The van der Waals surface area contributed by atoms with Gasteiger partial charge in [-0.1, -0.05) is 25.3 Å². The van der Waals surface area contributed by atoms with Crippen LogP contribution < -0.4 is 97.1 Å². The predicted molar refractivity (Wildman–Crippen MR) is 417 cm³/mol. The van der Waals surface area contributed by atoms with E-state index in [9.17, 15) is 32.3 Å². The van der Waals surface area contributed by atoms with Crippen LogP contribution in [0.2, 0.25) is 0 Å². The van der Waals surface area contributed by atoms with Gasteiger partial charge in [-0.3, -0.25) is 19.2 Å². The zero-order valence-electron chi connectivity index (χ0n) is 64.7. The first-order valence-electron chi connectivity index (χ1n) is 40.4. The standard InChI is InChI=1S/C8H15NO.C7H14N2O.C7H15NO.C6H11F2N.C6H10FN.2C6H12N2O.3C6H14N2.2C6H13NO/c1-6(10)7-2-4-8(9)5-3-7;8-6-3-1-5(2-4-6)7(9)10;8-7-3-1-6(5-9)2-4-7;7-6(8)3-1-5(9)2-4-6;7-5-1-3-6(8)4-2-5;1-8-4-5(7)2-3-6(8)9;7-5-1-2-6(9)8-4-3-5;7-5-1-2-6(8)4-3-5;7-5-2-1-3-6(8)4-5;7-5-3-1-2-4-6(5)8;7-5-1-3-6(8)4-2-5;7-5-2-1-3-6(8)4-5/h7-8H,2-5,9H2,1H3;5-6H,1-4,8H2,(H2,9,10);6-7,9H,1-5,8H2;5H,1-4,9H2;1,6H,2-4,8H2;5H,2-4,7H2,1H3;5H,1-4,7H2,(H,8,9);3*5-6H,1-4,7-8H2;2*5-6,8H,1-4,7H2. The summed E-state index contributed by atoms with van der Waals surface area (Å²) in [4.78, 5) is 44.7. The first kappa shape index (κ1) is 98.9. The van der Waals surface area contributed by atoms with Gasteiger partial charge >= 0.3 is 0 Å². The molecule has 0 aromatic heterocycles. The van der Waals surface area contributed by atoms with Crippen LogP contribution in [-0.2, 0) is 19.2 Å². The number of likely N-dealkylation sites (tertiary alicyclic amines) is 1. The highest BCUT2D eigenvalue weighted by molar-refractivity contribution is 5.78. The molecule has 9 saturated carbocycles. The Kier molecular flexibility index (Phi) is 55.1. The van der Waals surface area contributed by atoms with Crippen molar-refractivity contribution in [2.45, 2.75) is 398 Å². The fourth-order valence-electron chi connectivity index (χ4n) is 14.1. The van der Waals surface area contributed by atoms with E-state index in [0.717, 1.165) is 212 Å². The molecule has 614 valence electrons. The highest BCUT2D eigenvalue weighted by atomic mass is 19.3. The van der Waals surface area contributed by atoms with Crippen molar-refractivity contribution in [2.24, 2.45) is 109 Å². The van der Waals surface area contributed by atoms with Crippen molar-refractivity contribution in [1.82, 2.24) is 10.2 Å². The van der Waals surface area contributed by atoms with Gasteiger partial charge in [-0.25, -0.2) is 13.2 Å². The third-order valence-electron chi connectivity index (χ3n) is 21.9. The average Bonchev–Trinajstić information content (AvgIpc) is 0.927. The highest BCUT2D eigenvalue weighted by Crippen LogP contribution is 2.32. The number of halogens is 3. The number of aliphatic hydroxyl groups excluding tert-OH is 3. The van der Waals surface area contributed by atoms with Gasteiger partial charge in [0, 0.05) is 161 Å². The van der Waals surface area contributed by atoms with Crippen molar-refractivity contribution in [3.63, 3.8) is 0 Å². The van der Waals surface area contributed by atoms with Gasteiger partial charge in [0.05, 0.1) is 18.0 Å². The molecule has 36 N–H and O–H groups in total. The fourth-order valence-corrected chi connectivity index (χ4v) is 14.1. The molecule has 2 heterocycles. The second kappa shape index (κ2) is 57.9. The lowest BCUT2D eigenvalue weighted by molar-refractivity contribution is -0.132. The molecule has 0 aromatic rings. The molecule has 0 bridgehead atoms. The normalized spacial score (nSPS) is 34.7. The molecule has 25 nitrogen and oxygen atoms in total. The predicted octanol–water partition coefficient (Wildman–Crippen LogP) is 4.77. The number of nitrogens with zero attached hydrogens (tertiary/aromatic N) is 1. The third-order valence-corrected chi connectivity index (χ3v) is 21.9. The summed E-state index contributed by atoms with van der Waals surface area (Å²) in [7, 11) is 1.79. The van der Waals surface area contributed by atoms with Crippen molar-refractivity contribution < 1.29 is 47.7 Å². The number of ketones is 1. The van der Waals surface area contributed by atoms with Gasteiger partial charge < -0.3 is 117 Å². The van der Waals surface area contributed by atoms with Crippen molar-refractivity contribution in [2.75, 3.05) is 26.7 Å². The van der Waals surface area contributed by atoms with Crippen LogP contribution in [0.1, 0.15) is 289 Å². The Morgan fingerprint density at radius 1 is 0.452 bits per heavy atom. The molecule has 104 heavy (non-hydrogen) atoms. The number of allylic oxidation sites excluding steroid dienone is 1. The number of amides is 3. The van der Waals surface area contributed by atoms with E-state index < -0.39 is 5.92 Å². The van der Waals surface area contributed by atoms with E-state index >= 15 is 0 Å². The molecule has 3 amide bonds. The second-order valence-electron chi connectivity index (χ2n) is 32.2. The minimum Gasteiger partial charge on any atom is -0.396 e. The zero-order valence-corrected chi connectivity index (χ0v) is 64.7. The van der Waals surface area contributed by atoms with Crippen LogP contribution in [0.25, 0.3) is 0 Å². The molecule has 12 rings (SSSR count). The van der Waals surface area contributed by atoms with Crippen LogP contribution in [0.15, 0.2) is 11.9 Å². The summed E-state index contributed by atoms with van der Waals surface area (Å²) in [6, 6.07) is 4.56. The summed E-state index contributed by atoms with van der Waals surface area (Å²) >= 11 is 0. The van der Waals surface area contributed by atoms with Gasteiger partial charge in [0.15, 0.2) is 0 Å². The quantitative estimate of drug-likeness (QED) is 0.181. The van der Waals surface area contributed by atoms with E-state index in [1.807, 2.05) is 0 Å². The topological polar surface area (TPSA) is 561 Å². The molecular weight excluding hydrogens is 1330 g/mol. The third kappa shape index (κ3) is 52.9. The number of likely N-dealkylation sites (N-methyl/N-ethyl adjacent to an activating group) is 1. The number of hydrogen-bond acceptors (Lipinski definition) is 22. The van der Waals surface area contributed by atoms with Crippen LogP contribution in [0, 0.1) is 17.8 Å². The largest absolute Gasteiger partial charge is 0.396 e. The first-order valence-corrected chi connectivity index (χ1v) is 40.4. The van der Waals surface area contributed by atoms with Gasteiger partial charge in [0.2, 0.25) is 23.6 Å². The number of hydrogen-bond donors (Lipinski definition) is 20. The van der Waals surface area contributed by atoms with Gasteiger partial charge in [0.1, 0.15) is 5.78 Å². The molecular formula is C76H157F3N18O7. The molecule has 10 aliphatic carbocycles. The smallest absolute Gasteiger partial charge is 0.248 e. The minimum absolute atomic E-state index is 0.00620.